The van der Waals surface area contributed by atoms with Gasteiger partial charge in [-0.3, -0.25) is 9.59 Å². The van der Waals surface area contributed by atoms with E-state index in [0.29, 0.717) is 0 Å². The van der Waals surface area contributed by atoms with Gasteiger partial charge in [-0.25, -0.2) is 4.99 Å². The number of rotatable bonds is 5. The molecule has 0 aromatic heterocycles. The van der Waals surface area contributed by atoms with E-state index in [1.807, 2.05) is 34.6 Å². The van der Waals surface area contributed by atoms with Crippen molar-refractivity contribution >= 4 is 29.2 Å². The molecule has 2 amide bonds. The second-order valence-electron chi connectivity index (χ2n) is 6.45. The number of hydrogen-bond acceptors (Lipinski definition) is 4. The number of carbonyl (C=O) groups is 2. The summed E-state index contributed by atoms with van der Waals surface area (Å²) < 4.78 is 0. The molecule has 5 nitrogen and oxygen atoms in total. The Balaban J connectivity index is 5.18. The Morgan fingerprint density at radius 3 is 2.05 bits per heavy atom. The van der Waals surface area contributed by atoms with Crippen molar-refractivity contribution in [1.82, 2.24) is 10.2 Å². The van der Waals surface area contributed by atoms with Gasteiger partial charge in [0.25, 0.3) is 0 Å². The number of thiocarbonyl (C=S) groups is 1. The highest BCUT2D eigenvalue weighted by Gasteiger charge is 2.34. The van der Waals surface area contributed by atoms with E-state index in [0.717, 1.165) is 0 Å². The molecule has 0 heterocycles. The Kier molecular flexibility index (Phi) is 7.03. The zero-order valence-corrected chi connectivity index (χ0v) is 14.2. The quantitative estimate of drug-likeness (QED) is 0.621. The van der Waals surface area contributed by atoms with Crippen LogP contribution >= 0.6 is 12.2 Å². The van der Waals surface area contributed by atoms with Crippen molar-refractivity contribution in [3.8, 4) is 0 Å². The fourth-order valence-corrected chi connectivity index (χ4v) is 1.83. The van der Waals surface area contributed by atoms with Gasteiger partial charge in [0.2, 0.25) is 11.8 Å². The van der Waals surface area contributed by atoms with Gasteiger partial charge in [0.1, 0.15) is 12.1 Å². The average Bonchev–Trinajstić information content (AvgIpc) is 2.29. The monoisotopic (exact) mass is 299 g/mol. The van der Waals surface area contributed by atoms with Gasteiger partial charge < -0.3 is 10.2 Å². The number of nitrogens with one attached hydrogen (secondary N) is 1. The number of amides is 2. The molecule has 0 aliphatic rings. The van der Waals surface area contributed by atoms with Crippen LogP contribution in [0.4, 0.5) is 0 Å². The van der Waals surface area contributed by atoms with E-state index in [9.17, 15) is 9.59 Å². The smallest absolute Gasteiger partial charge is 0.246 e. The van der Waals surface area contributed by atoms with E-state index in [1.54, 1.807) is 14.1 Å². The maximum atomic E-state index is 12.4. The first kappa shape index (κ1) is 18.7. The summed E-state index contributed by atoms with van der Waals surface area (Å²) in [6, 6.07) is -1.22. The number of isothiocyanates is 1. The van der Waals surface area contributed by atoms with Crippen LogP contribution in [0.25, 0.3) is 0 Å². The SMILES string of the molecule is CC(C)C(NC(=O)C(N=C=S)C(C)(C)C)C(=O)N(C)C. The minimum Gasteiger partial charge on any atom is -0.347 e. The zero-order chi connectivity index (χ0) is 16.1. The summed E-state index contributed by atoms with van der Waals surface area (Å²) in [6.45, 7) is 9.46. The van der Waals surface area contributed by atoms with E-state index in [4.69, 9.17) is 0 Å². The molecule has 0 aromatic rings. The molecule has 0 fully saturated rings. The van der Waals surface area contributed by atoms with E-state index in [-0.39, 0.29) is 17.7 Å². The van der Waals surface area contributed by atoms with Crippen LogP contribution in [0.2, 0.25) is 0 Å². The van der Waals surface area contributed by atoms with Crippen molar-refractivity contribution in [3.05, 3.63) is 0 Å². The Morgan fingerprint density at radius 1 is 1.25 bits per heavy atom. The zero-order valence-electron chi connectivity index (χ0n) is 13.4. The fraction of sp³-hybridized carbons (Fsp3) is 0.786. The van der Waals surface area contributed by atoms with Crippen molar-refractivity contribution in [3.63, 3.8) is 0 Å². The molecule has 0 aliphatic carbocycles. The van der Waals surface area contributed by atoms with Gasteiger partial charge >= 0.3 is 0 Å². The third-order valence-electron chi connectivity index (χ3n) is 2.92. The van der Waals surface area contributed by atoms with Crippen molar-refractivity contribution in [2.75, 3.05) is 14.1 Å². The van der Waals surface area contributed by atoms with Gasteiger partial charge in [0.05, 0.1) is 5.16 Å². The average molecular weight is 299 g/mol. The van der Waals surface area contributed by atoms with Gasteiger partial charge in [-0.2, -0.15) is 0 Å². The molecular weight excluding hydrogens is 274 g/mol. The summed E-state index contributed by atoms with van der Waals surface area (Å²) in [5, 5.41) is 5.04. The maximum absolute atomic E-state index is 12.4. The van der Waals surface area contributed by atoms with Crippen molar-refractivity contribution in [2.24, 2.45) is 16.3 Å². The molecule has 1 N–H and O–H groups in total. The van der Waals surface area contributed by atoms with Gasteiger partial charge in [-0.05, 0) is 23.6 Å². The number of aliphatic imine (C=N–C) groups is 1. The van der Waals surface area contributed by atoms with E-state index in [2.05, 4.69) is 27.7 Å². The van der Waals surface area contributed by atoms with E-state index < -0.39 is 17.5 Å². The van der Waals surface area contributed by atoms with Crippen molar-refractivity contribution in [2.45, 2.75) is 46.7 Å². The van der Waals surface area contributed by atoms with Crippen molar-refractivity contribution < 1.29 is 9.59 Å². The molecule has 20 heavy (non-hydrogen) atoms. The van der Waals surface area contributed by atoms with Gasteiger partial charge in [-0.1, -0.05) is 34.6 Å². The molecular formula is C14H25N3O2S. The second kappa shape index (κ2) is 7.50. The first-order chi connectivity index (χ1) is 9.02. The lowest BCUT2D eigenvalue weighted by Crippen LogP contribution is -2.53. The molecule has 0 spiro atoms. The third-order valence-corrected chi connectivity index (χ3v) is 3.03. The molecule has 0 radical (unpaired) electrons. The summed E-state index contributed by atoms with van der Waals surface area (Å²) in [5.74, 6) is -0.443. The highest BCUT2D eigenvalue weighted by atomic mass is 32.1. The molecule has 114 valence electrons. The highest BCUT2D eigenvalue weighted by Crippen LogP contribution is 2.22. The fourth-order valence-electron chi connectivity index (χ4n) is 1.72. The summed E-state index contributed by atoms with van der Waals surface area (Å²) in [6.07, 6.45) is 0. The van der Waals surface area contributed by atoms with Gasteiger partial charge in [0.15, 0.2) is 0 Å². The Bertz CT molecular complexity index is 407. The molecule has 0 saturated carbocycles. The standard InChI is InChI=1S/C14H25N3O2S/c1-9(2)10(13(19)17(6)7)16-12(18)11(15-8-20)14(3,4)5/h9-11H,1-7H3,(H,16,18). The predicted molar refractivity (Wildman–Crippen MR) is 83.7 cm³/mol. The number of hydrogen-bond donors (Lipinski definition) is 1. The van der Waals surface area contributed by atoms with Gasteiger partial charge in [-0.15, -0.1) is 0 Å². The molecule has 0 saturated heterocycles. The van der Waals surface area contributed by atoms with Crippen molar-refractivity contribution in [1.29, 1.82) is 0 Å². The third kappa shape index (κ3) is 5.39. The molecule has 0 rings (SSSR count). The van der Waals surface area contributed by atoms with E-state index >= 15 is 0 Å². The predicted octanol–water partition coefficient (Wildman–Crippen LogP) is 1.73. The summed E-state index contributed by atoms with van der Waals surface area (Å²) in [7, 11) is 3.33. The summed E-state index contributed by atoms with van der Waals surface area (Å²) in [4.78, 5) is 29.9. The lowest BCUT2D eigenvalue weighted by atomic mass is 9.86. The Hall–Kier alpha value is -1.26. The first-order valence-electron chi connectivity index (χ1n) is 6.60. The van der Waals surface area contributed by atoms with Crippen LogP contribution in [-0.2, 0) is 9.59 Å². The number of likely N-dealkylation sites (N-methyl/N-ethyl adjacent to an activating group) is 1. The van der Waals surface area contributed by atoms with Crippen LogP contribution in [0, 0.1) is 11.3 Å². The molecule has 2 unspecified atom stereocenters. The Labute approximate surface area is 126 Å². The lowest BCUT2D eigenvalue weighted by molar-refractivity contribution is -0.136. The van der Waals surface area contributed by atoms with E-state index in [1.165, 1.54) is 4.90 Å². The van der Waals surface area contributed by atoms with Crippen LogP contribution in [0.15, 0.2) is 4.99 Å². The molecule has 0 aromatic carbocycles. The van der Waals surface area contributed by atoms with Crippen LogP contribution in [0.3, 0.4) is 0 Å². The minimum atomic E-state index is -0.656. The van der Waals surface area contributed by atoms with Crippen LogP contribution in [0.1, 0.15) is 34.6 Å². The molecule has 2 atom stereocenters. The molecule has 6 heteroatoms. The minimum absolute atomic E-state index is 0.00840. The van der Waals surface area contributed by atoms with Gasteiger partial charge in [0, 0.05) is 14.1 Å². The number of carbonyl (C=O) groups excluding carboxylic acids is 2. The molecule has 0 bridgehead atoms. The summed E-state index contributed by atoms with van der Waals surface area (Å²) in [5.41, 5.74) is -0.390. The normalized spacial score (nSPS) is 14.2. The van der Waals surface area contributed by atoms with Crippen LogP contribution in [0.5, 0.6) is 0 Å². The van der Waals surface area contributed by atoms with Crippen LogP contribution in [-0.4, -0.2) is 48.1 Å². The highest BCUT2D eigenvalue weighted by molar-refractivity contribution is 7.78. The summed E-state index contributed by atoms with van der Waals surface area (Å²) >= 11 is 4.60. The topological polar surface area (TPSA) is 61.8 Å². The number of nitrogens with zero attached hydrogens (tertiary/aromatic N) is 2. The molecule has 0 aliphatic heterocycles. The lowest BCUT2D eigenvalue weighted by Gasteiger charge is -2.29. The van der Waals surface area contributed by atoms with Crippen LogP contribution < -0.4 is 5.32 Å². The first-order valence-corrected chi connectivity index (χ1v) is 7.01. The maximum Gasteiger partial charge on any atom is 0.246 e. The largest absolute Gasteiger partial charge is 0.347 e. The second-order valence-corrected chi connectivity index (χ2v) is 6.63. The Morgan fingerprint density at radius 2 is 1.75 bits per heavy atom.